The Balaban J connectivity index is 2.59. The molecule has 2 rings (SSSR count). The van der Waals surface area contributed by atoms with Crippen molar-refractivity contribution in [1.82, 2.24) is 9.97 Å². The summed E-state index contributed by atoms with van der Waals surface area (Å²) in [4.78, 5) is 8.73. The fourth-order valence-electron chi connectivity index (χ4n) is 1.63. The molecule has 0 aliphatic carbocycles. The Morgan fingerprint density at radius 2 is 2.00 bits per heavy atom. The van der Waals surface area contributed by atoms with Crippen LogP contribution >= 0.6 is 34.2 Å². The molecule has 0 saturated heterocycles. The lowest BCUT2D eigenvalue weighted by atomic mass is 10.1. The van der Waals surface area contributed by atoms with E-state index in [1.54, 1.807) is 6.07 Å². The van der Waals surface area contributed by atoms with Crippen LogP contribution in [-0.2, 0) is 0 Å². The fraction of sp³-hybridized carbons (Fsp3) is 0.231. The van der Waals surface area contributed by atoms with Crippen molar-refractivity contribution in [3.8, 4) is 11.4 Å². The van der Waals surface area contributed by atoms with E-state index in [4.69, 9.17) is 17.3 Å². The van der Waals surface area contributed by atoms with Crippen LogP contribution in [0.2, 0.25) is 5.02 Å². The Morgan fingerprint density at radius 3 is 2.58 bits per heavy atom. The van der Waals surface area contributed by atoms with E-state index in [-0.39, 0.29) is 10.9 Å². The van der Waals surface area contributed by atoms with Crippen LogP contribution in [0.1, 0.15) is 25.5 Å². The van der Waals surface area contributed by atoms with Crippen LogP contribution in [-0.4, -0.2) is 9.97 Å². The number of nitrogens with two attached hydrogens (primary N) is 1. The van der Waals surface area contributed by atoms with Crippen molar-refractivity contribution in [2.24, 2.45) is 0 Å². The lowest BCUT2D eigenvalue weighted by Gasteiger charge is -2.11. The highest BCUT2D eigenvalue weighted by Gasteiger charge is 2.14. The average Bonchev–Trinajstić information content (AvgIpc) is 2.35. The summed E-state index contributed by atoms with van der Waals surface area (Å²) in [7, 11) is 0. The van der Waals surface area contributed by atoms with Crippen LogP contribution in [0, 0.1) is 9.39 Å². The van der Waals surface area contributed by atoms with Crippen molar-refractivity contribution >= 4 is 40.0 Å². The molecule has 0 amide bonds. The molecular formula is C13H12ClFIN3. The number of hydrogen-bond acceptors (Lipinski definition) is 3. The normalized spacial score (nSPS) is 11.1. The first-order chi connectivity index (χ1) is 8.90. The van der Waals surface area contributed by atoms with Gasteiger partial charge in [0.1, 0.15) is 11.6 Å². The van der Waals surface area contributed by atoms with Crippen LogP contribution in [0.5, 0.6) is 0 Å². The van der Waals surface area contributed by atoms with Crippen molar-refractivity contribution in [2.75, 3.05) is 5.73 Å². The minimum Gasteiger partial charge on any atom is -0.383 e. The second kappa shape index (κ2) is 5.58. The van der Waals surface area contributed by atoms with E-state index in [1.165, 1.54) is 12.1 Å². The number of hydrogen-bond donors (Lipinski definition) is 1. The summed E-state index contributed by atoms with van der Waals surface area (Å²) in [6.45, 7) is 4.07. The van der Waals surface area contributed by atoms with Crippen LogP contribution in [0.3, 0.4) is 0 Å². The fourth-order valence-corrected chi connectivity index (χ4v) is 2.67. The molecule has 2 aromatic rings. The van der Waals surface area contributed by atoms with Gasteiger partial charge in [0.2, 0.25) is 0 Å². The highest BCUT2D eigenvalue weighted by atomic mass is 127. The van der Waals surface area contributed by atoms with Crippen LogP contribution in [0.25, 0.3) is 11.4 Å². The summed E-state index contributed by atoms with van der Waals surface area (Å²) in [5.41, 5.74) is 7.43. The Labute approximate surface area is 129 Å². The lowest BCUT2D eigenvalue weighted by Crippen LogP contribution is -2.06. The van der Waals surface area contributed by atoms with E-state index < -0.39 is 5.82 Å². The van der Waals surface area contributed by atoms with E-state index >= 15 is 0 Å². The molecule has 0 bridgehead atoms. The molecule has 0 atom stereocenters. The highest BCUT2D eigenvalue weighted by Crippen LogP contribution is 2.28. The van der Waals surface area contributed by atoms with Crippen LogP contribution < -0.4 is 5.73 Å². The minimum absolute atomic E-state index is 0.0457. The average molecular weight is 392 g/mol. The lowest BCUT2D eigenvalue weighted by molar-refractivity contribution is 0.628. The topological polar surface area (TPSA) is 51.8 Å². The standard InChI is InChI=1S/C13H12ClFIN3/c1-6(2)11-10(16)12(17)19-13(18-11)7-3-4-9(15)8(14)5-7/h3-6H,1-2H3,(H2,17,18,19). The third kappa shape index (κ3) is 2.97. The van der Waals surface area contributed by atoms with Gasteiger partial charge < -0.3 is 5.73 Å². The zero-order chi connectivity index (χ0) is 14.2. The predicted octanol–water partition coefficient (Wildman–Crippen LogP) is 4.25. The summed E-state index contributed by atoms with van der Waals surface area (Å²) < 4.78 is 14.0. The summed E-state index contributed by atoms with van der Waals surface area (Å²) in [6, 6.07) is 4.39. The number of rotatable bonds is 2. The van der Waals surface area contributed by atoms with E-state index in [2.05, 4.69) is 32.6 Å². The van der Waals surface area contributed by atoms with Gasteiger partial charge in [-0.1, -0.05) is 25.4 Å². The molecule has 6 heteroatoms. The van der Waals surface area contributed by atoms with Gasteiger partial charge in [0.15, 0.2) is 5.82 Å². The monoisotopic (exact) mass is 391 g/mol. The summed E-state index contributed by atoms with van der Waals surface area (Å²) in [5, 5.41) is 0.0457. The van der Waals surface area contributed by atoms with Crippen molar-refractivity contribution < 1.29 is 4.39 Å². The number of aromatic nitrogens is 2. The Bertz CT molecular complexity index is 632. The Kier molecular flexibility index (Phi) is 4.25. The predicted molar refractivity (Wildman–Crippen MR) is 83.7 cm³/mol. The molecule has 0 saturated carbocycles. The highest BCUT2D eigenvalue weighted by molar-refractivity contribution is 14.1. The molecule has 3 nitrogen and oxygen atoms in total. The first-order valence-corrected chi connectivity index (χ1v) is 7.14. The SMILES string of the molecule is CC(C)c1nc(-c2ccc(F)c(Cl)c2)nc(N)c1I. The number of anilines is 1. The third-order valence-electron chi connectivity index (χ3n) is 2.63. The van der Waals surface area contributed by atoms with Gasteiger partial charge in [-0.15, -0.1) is 0 Å². The smallest absolute Gasteiger partial charge is 0.161 e. The molecule has 2 N–H and O–H groups in total. The van der Waals surface area contributed by atoms with E-state index in [1.807, 2.05) is 13.8 Å². The van der Waals surface area contributed by atoms with E-state index in [0.29, 0.717) is 17.2 Å². The maximum atomic E-state index is 13.2. The van der Waals surface area contributed by atoms with E-state index in [0.717, 1.165) is 9.26 Å². The number of benzene rings is 1. The summed E-state index contributed by atoms with van der Waals surface area (Å²) in [6.07, 6.45) is 0. The molecule has 19 heavy (non-hydrogen) atoms. The van der Waals surface area contributed by atoms with Crippen LogP contribution in [0.4, 0.5) is 10.2 Å². The zero-order valence-electron chi connectivity index (χ0n) is 10.4. The molecule has 0 radical (unpaired) electrons. The maximum absolute atomic E-state index is 13.2. The Morgan fingerprint density at radius 1 is 1.32 bits per heavy atom. The second-order valence-corrected chi connectivity index (χ2v) is 5.90. The molecule has 0 aliphatic rings. The molecule has 0 fully saturated rings. The molecule has 0 spiro atoms. The molecule has 0 unspecified atom stereocenters. The first-order valence-electron chi connectivity index (χ1n) is 5.68. The van der Waals surface area contributed by atoms with Gasteiger partial charge in [-0.2, -0.15) is 0 Å². The number of nitrogens with zero attached hydrogens (tertiary/aromatic N) is 2. The first kappa shape index (κ1) is 14.5. The van der Waals surface area contributed by atoms with Gasteiger partial charge in [0, 0.05) is 5.56 Å². The quantitative estimate of drug-likeness (QED) is 0.779. The van der Waals surface area contributed by atoms with Gasteiger partial charge in [-0.3, -0.25) is 0 Å². The summed E-state index contributed by atoms with van der Waals surface area (Å²) in [5.74, 6) is 0.651. The van der Waals surface area contributed by atoms with Crippen molar-refractivity contribution in [3.63, 3.8) is 0 Å². The Hall–Kier alpha value is -0.950. The minimum atomic E-state index is -0.465. The number of halogens is 3. The molecule has 100 valence electrons. The van der Waals surface area contributed by atoms with Gasteiger partial charge in [-0.25, -0.2) is 14.4 Å². The van der Waals surface area contributed by atoms with Gasteiger partial charge in [0.25, 0.3) is 0 Å². The molecular weight excluding hydrogens is 380 g/mol. The molecule has 0 aliphatic heterocycles. The van der Waals surface area contributed by atoms with Crippen molar-refractivity contribution in [1.29, 1.82) is 0 Å². The maximum Gasteiger partial charge on any atom is 0.161 e. The zero-order valence-corrected chi connectivity index (χ0v) is 13.3. The van der Waals surface area contributed by atoms with Gasteiger partial charge in [0.05, 0.1) is 14.3 Å². The number of nitrogen functional groups attached to an aromatic ring is 1. The van der Waals surface area contributed by atoms with Gasteiger partial charge >= 0.3 is 0 Å². The van der Waals surface area contributed by atoms with E-state index in [9.17, 15) is 4.39 Å². The largest absolute Gasteiger partial charge is 0.383 e. The van der Waals surface area contributed by atoms with Gasteiger partial charge in [-0.05, 0) is 46.7 Å². The summed E-state index contributed by atoms with van der Waals surface area (Å²) >= 11 is 7.91. The van der Waals surface area contributed by atoms with Crippen molar-refractivity contribution in [3.05, 3.63) is 38.3 Å². The van der Waals surface area contributed by atoms with Crippen LogP contribution in [0.15, 0.2) is 18.2 Å². The molecule has 1 aromatic carbocycles. The molecule has 1 heterocycles. The second-order valence-electron chi connectivity index (χ2n) is 4.42. The molecule has 1 aromatic heterocycles. The van der Waals surface area contributed by atoms with Crippen molar-refractivity contribution in [2.45, 2.75) is 19.8 Å². The third-order valence-corrected chi connectivity index (χ3v) is 4.02.